The highest BCUT2D eigenvalue weighted by molar-refractivity contribution is 5.76. The fraction of sp³-hybridized carbons (Fsp3) is 0.533. The molecule has 1 atom stereocenters. The van der Waals surface area contributed by atoms with Gasteiger partial charge in [-0.1, -0.05) is 12.1 Å². The highest BCUT2D eigenvalue weighted by Crippen LogP contribution is 2.09. The van der Waals surface area contributed by atoms with Crippen molar-refractivity contribution >= 4 is 5.91 Å². The number of carbonyl (C=O) groups excluding carboxylic acids is 1. The maximum Gasteiger partial charge on any atom is 0.221 e. The van der Waals surface area contributed by atoms with E-state index in [1.807, 2.05) is 25.8 Å². The second kappa shape index (κ2) is 7.97. The van der Waals surface area contributed by atoms with Crippen molar-refractivity contribution in [1.29, 1.82) is 0 Å². The lowest BCUT2D eigenvalue weighted by molar-refractivity contribution is -0.122. The van der Waals surface area contributed by atoms with Gasteiger partial charge < -0.3 is 11.1 Å². The van der Waals surface area contributed by atoms with Gasteiger partial charge in [0.2, 0.25) is 5.91 Å². The first-order chi connectivity index (χ1) is 9.42. The molecule has 0 saturated carbocycles. The Morgan fingerprint density at radius 2 is 1.95 bits per heavy atom. The van der Waals surface area contributed by atoms with Gasteiger partial charge in [0.05, 0.1) is 0 Å². The molecular formula is C15H24FN3O. The van der Waals surface area contributed by atoms with Crippen LogP contribution in [0.4, 0.5) is 4.39 Å². The Balaban J connectivity index is 2.55. The van der Waals surface area contributed by atoms with Crippen molar-refractivity contribution in [2.75, 3.05) is 13.6 Å². The van der Waals surface area contributed by atoms with E-state index in [0.717, 1.165) is 5.56 Å². The Labute approximate surface area is 120 Å². The van der Waals surface area contributed by atoms with Crippen molar-refractivity contribution in [3.63, 3.8) is 0 Å². The van der Waals surface area contributed by atoms with Gasteiger partial charge in [0.1, 0.15) is 5.82 Å². The summed E-state index contributed by atoms with van der Waals surface area (Å²) >= 11 is 0. The summed E-state index contributed by atoms with van der Waals surface area (Å²) < 4.78 is 12.9. The number of hydrogen-bond donors (Lipinski definition) is 2. The molecule has 0 aromatic heterocycles. The molecule has 1 amide bonds. The second-order valence-corrected chi connectivity index (χ2v) is 5.36. The second-order valence-electron chi connectivity index (χ2n) is 5.36. The number of nitrogens with one attached hydrogen (secondary N) is 1. The largest absolute Gasteiger partial charge is 0.354 e. The SMILES string of the molecule is CC(C)NC(=O)CC(CN)N(C)Cc1ccc(F)cc1. The minimum Gasteiger partial charge on any atom is -0.354 e. The number of amides is 1. The van der Waals surface area contributed by atoms with Crippen molar-refractivity contribution in [3.8, 4) is 0 Å². The van der Waals surface area contributed by atoms with Crippen LogP contribution in [0.25, 0.3) is 0 Å². The van der Waals surface area contributed by atoms with Gasteiger partial charge in [0, 0.05) is 31.6 Å². The highest BCUT2D eigenvalue weighted by atomic mass is 19.1. The van der Waals surface area contributed by atoms with Gasteiger partial charge in [-0.25, -0.2) is 4.39 Å². The van der Waals surface area contributed by atoms with Crippen LogP contribution in [0.3, 0.4) is 0 Å². The van der Waals surface area contributed by atoms with Gasteiger partial charge in [-0.15, -0.1) is 0 Å². The van der Waals surface area contributed by atoms with Crippen molar-refractivity contribution < 1.29 is 9.18 Å². The number of nitrogens with zero attached hydrogens (tertiary/aromatic N) is 1. The predicted octanol–water partition coefficient (Wildman–Crippen LogP) is 1.50. The molecular weight excluding hydrogens is 257 g/mol. The van der Waals surface area contributed by atoms with Crippen molar-refractivity contribution in [1.82, 2.24) is 10.2 Å². The third-order valence-electron chi connectivity index (χ3n) is 3.11. The fourth-order valence-electron chi connectivity index (χ4n) is 2.02. The lowest BCUT2D eigenvalue weighted by atomic mass is 10.1. The van der Waals surface area contributed by atoms with Crippen molar-refractivity contribution in [3.05, 3.63) is 35.6 Å². The molecule has 20 heavy (non-hydrogen) atoms. The molecule has 5 heteroatoms. The quantitative estimate of drug-likeness (QED) is 0.796. The summed E-state index contributed by atoms with van der Waals surface area (Å²) in [5, 5.41) is 2.86. The van der Waals surface area contributed by atoms with Crippen LogP contribution < -0.4 is 11.1 Å². The van der Waals surface area contributed by atoms with E-state index in [4.69, 9.17) is 5.73 Å². The summed E-state index contributed by atoms with van der Waals surface area (Å²) in [5.41, 5.74) is 6.75. The van der Waals surface area contributed by atoms with Crippen molar-refractivity contribution in [2.24, 2.45) is 5.73 Å². The summed E-state index contributed by atoms with van der Waals surface area (Å²) in [6.45, 7) is 4.90. The Morgan fingerprint density at radius 3 is 2.45 bits per heavy atom. The van der Waals surface area contributed by atoms with E-state index in [1.54, 1.807) is 12.1 Å². The molecule has 0 fully saturated rings. The van der Waals surface area contributed by atoms with Crippen LogP contribution in [0.1, 0.15) is 25.8 Å². The van der Waals surface area contributed by atoms with E-state index in [9.17, 15) is 9.18 Å². The topological polar surface area (TPSA) is 58.4 Å². The van der Waals surface area contributed by atoms with Crippen LogP contribution in [-0.4, -0.2) is 36.5 Å². The first kappa shape index (κ1) is 16.6. The predicted molar refractivity (Wildman–Crippen MR) is 78.6 cm³/mol. The van der Waals surface area contributed by atoms with Gasteiger partial charge >= 0.3 is 0 Å². The Bertz CT molecular complexity index is 420. The van der Waals surface area contributed by atoms with E-state index in [1.165, 1.54) is 12.1 Å². The molecule has 0 saturated heterocycles. The zero-order chi connectivity index (χ0) is 15.1. The number of likely N-dealkylation sites (N-methyl/N-ethyl adjacent to an activating group) is 1. The highest BCUT2D eigenvalue weighted by Gasteiger charge is 2.17. The minimum atomic E-state index is -0.247. The van der Waals surface area contributed by atoms with E-state index in [-0.39, 0.29) is 23.8 Å². The van der Waals surface area contributed by atoms with E-state index in [0.29, 0.717) is 19.5 Å². The van der Waals surface area contributed by atoms with E-state index >= 15 is 0 Å². The summed E-state index contributed by atoms with van der Waals surface area (Å²) in [4.78, 5) is 13.8. The number of hydrogen-bond acceptors (Lipinski definition) is 3. The summed E-state index contributed by atoms with van der Waals surface area (Å²) in [5.74, 6) is -0.246. The van der Waals surface area contributed by atoms with Crippen LogP contribution in [0, 0.1) is 5.82 Å². The number of benzene rings is 1. The summed E-state index contributed by atoms with van der Waals surface area (Å²) in [6, 6.07) is 6.46. The molecule has 0 spiro atoms. The first-order valence-corrected chi connectivity index (χ1v) is 6.86. The maximum absolute atomic E-state index is 12.9. The van der Waals surface area contributed by atoms with Gasteiger partial charge in [-0.05, 0) is 38.6 Å². The normalized spacial score (nSPS) is 12.8. The van der Waals surface area contributed by atoms with Gasteiger partial charge in [0.25, 0.3) is 0 Å². The van der Waals surface area contributed by atoms with Gasteiger partial charge in [-0.2, -0.15) is 0 Å². The Kier molecular flexibility index (Phi) is 6.61. The Morgan fingerprint density at radius 1 is 1.35 bits per heavy atom. The number of halogens is 1. The number of rotatable bonds is 7. The number of carbonyl (C=O) groups is 1. The summed E-state index contributed by atoms with van der Waals surface area (Å²) in [6.07, 6.45) is 0.367. The molecule has 0 radical (unpaired) electrons. The molecule has 1 unspecified atom stereocenters. The van der Waals surface area contributed by atoms with Crippen molar-refractivity contribution in [2.45, 2.75) is 38.9 Å². The third-order valence-corrected chi connectivity index (χ3v) is 3.11. The average molecular weight is 281 g/mol. The zero-order valence-corrected chi connectivity index (χ0v) is 12.4. The fourth-order valence-corrected chi connectivity index (χ4v) is 2.02. The third kappa shape index (κ3) is 5.67. The molecule has 0 aliphatic heterocycles. The zero-order valence-electron chi connectivity index (χ0n) is 12.4. The lowest BCUT2D eigenvalue weighted by Gasteiger charge is -2.27. The molecule has 1 rings (SSSR count). The van der Waals surface area contributed by atoms with Crippen LogP contribution in [0.5, 0.6) is 0 Å². The van der Waals surface area contributed by atoms with Crippen LogP contribution in [-0.2, 0) is 11.3 Å². The maximum atomic E-state index is 12.9. The van der Waals surface area contributed by atoms with Gasteiger partial charge in [0.15, 0.2) is 0 Å². The molecule has 4 nitrogen and oxygen atoms in total. The molecule has 0 heterocycles. The lowest BCUT2D eigenvalue weighted by Crippen LogP contribution is -2.42. The first-order valence-electron chi connectivity index (χ1n) is 6.86. The average Bonchev–Trinajstić information content (AvgIpc) is 2.37. The molecule has 0 aliphatic carbocycles. The van der Waals surface area contributed by atoms with E-state index in [2.05, 4.69) is 5.32 Å². The van der Waals surface area contributed by atoms with Crippen LogP contribution in [0.2, 0.25) is 0 Å². The molecule has 1 aromatic rings. The number of nitrogens with two attached hydrogens (primary N) is 1. The monoisotopic (exact) mass is 281 g/mol. The summed E-state index contributed by atoms with van der Waals surface area (Å²) in [7, 11) is 1.92. The molecule has 1 aromatic carbocycles. The van der Waals surface area contributed by atoms with Gasteiger partial charge in [-0.3, -0.25) is 9.69 Å². The molecule has 3 N–H and O–H groups in total. The Hall–Kier alpha value is -1.46. The molecule has 112 valence electrons. The van der Waals surface area contributed by atoms with Crippen LogP contribution in [0.15, 0.2) is 24.3 Å². The van der Waals surface area contributed by atoms with E-state index < -0.39 is 0 Å². The molecule has 0 aliphatic rings. The standard InChI is InChI=1S/C15H24FN3O/c1-11(2)18-15(20)8-14(9-17)19(3)10-12-4-6-13(16)7-5-12/h4-7,11,14H,8-10,17H2,1-3H3,(H,18,20). The van der Waals surface area contributed by atoms with Crippen LogP contribution >= 0.6 is 0 Å². The smallest absolute Gasteiger partial charge is 0.221 e. The minimum absolute atomic E-state index is 0.00130. The molecule has 0 bridgehead atoms.